The summed E-state index contributed by atoms with van der Waals surface area (Å²) in [7, 11) is 4.21. The number of nitrogens with one attached hydrogen (secondary N) is 1. The lowest BCUT2D eigenvalue weighted by Crippen LogP contribution is -2.35. The van der Waals surface area contributed by atoms with Gasteiger partial charge in [-0.1, -0.05) is 26.0 Å². The van der Waals surface area contributed by atoms with E-state index in [1.165, 1.54) is 29.2 Å². The van der Waals surface area contributed by atoms with Gasteiger partial charge in [0.15, 0.2) is 0 Å². The Balaban J connectivity index is 1.92. The van der Waals surface area contributed by atoms with E-state index in [0.717, 1.165) is 6.54 Å². The fourth-order valence-corrected chi connectivity index (χ4v) is 3.94. The van der Waals surface area contributed by atoms with Crippen molar-refractivity contribution in [3.63, 3.8) is 0 Å². The van der Waals surface area contributed by atoms with Crippen LogP contribution in [0, 0.1) is 5.41 Å². The fraction of sp³-hybridized carbons (Fsp3) is 0.625. The molecule has 1 aliphatic rings. The minimum absolute atomic E-state index is 0.464. The Morgan fingerprint density at radius 1 is 1.26 bits per heavy atom. The molecule has 19 heavy (non-hydrogen) atoms. The largest absolute Gasteiger partial charge is 0.381 e. The monoisotopic (exact) mass is 278 g/mol. The highest BCUT2D eigenvalue weighted by atomic mass is 32.2. The number of rotatable bonds is 4. The van der Waals surface area contributed by atoms with Crippen LogP contribution in [0.2, 0.25) is 0 Å². The van der Waals surface area contributed by atoms with Crippen LogP contribution < -0.4 is 5.32 Å². The fourth-order valence-electron chi connectivity index (χ4n) is 2.66. The van der Waals surface area contributed by atoms with Crippen LogP contribution in [0.15, 0.2) is 24.3 Å². The molecule has 0 bridgehead atoms. The summed E-state index contributed by atoms with van der Waals surface area (Å²) in [5.74, 6) is 2.51. The Morgan fingerprint density at radius 3 is 2.53 bits per heavy atom. The Bertz CT molecular complexity index is 398. The van der Waals surface area contributed by atoms with Crippen LogP contribution in [-0.2, 0) is 6.54 Å². The molecule has 0 radical (unpaired) electrons. The molecule has 2 rings (SSSR count). The lowest BCUT2D eigenvalue weighted by atomic mass is 9.88. The average Bonchev–Trinajstić information content (AvgIpc) is 2.30. The van der Waals surface area contributed by atoms with Gasteiger partial charge >= 0.3 is 0 Å². The minimum Gasteiger partial charge on any atom is -0.381 e. The highest BCUT2D eigenvalue weighted by molar-refractivity contribution is 7.99. The summed E-state index contributed by atoms with van der Waals surface area (Å²) in [6.45, 7) is 5.74. The van der Waals surface area contributed by atoms with E-state index in [2.05, 4.69) is 74.2 Å². The van der Waals surface area contributed by atoms with Crippen molar-refractivity contribution in [2.75, 3.05) is 30.9 Å². The molecule has 1 heterocycles. The Labute approximate surface area is 122 Å². The first-order valence-corrected chi connectivity index (χ1v) is 8.18. The van der Waals surface area contributed by atoms with Gasteiger partial charge in [0.2, 0.25) is 0 Å². The molecule has 1 aliphatic heterocycles. The minimum atomic E-state index is 0.464. The van der Waals surface area contributed by atoms with Crippen LogP contribution in [-0.4, -0.2) is 36.5 Å². The summed E-state index contributed by atoms with van der Waals surface area (Å²) >= 11 is 2.07. The third-order valence-corrected chi connectivity index (χ3v) is 5.06. The molecular formula is C16H26N2S. The Morgan fingerprint density at radius 2 is 1.95 bits per heavy atom. The average molecular weight is 278 g/mol. The van der Waals surface area contributed by atoms with E-state index in [1.54, 1.807) is 0 Å². The second kappa shape index (κ2) is 6.19. The van der Waals surface area contributed by atoms with Gasteiger partial charge in [0, 0.05) is 24.0 Å². The van der Waals surface area contributed by atoms with Crippen molar-refractivity contribution in [3.05, 3.63) is 29.8 Å². The summed E-state index contributed by atoms with van der Waals surface area (Å²) in [4.78, 5) is 2.20. The van der Waals surface area contributed by atoms with Gasteiger partial charge in [-0.25, -0.2) is 0 Å². The van der Waals surface area contributed by atoms with Crippen molar-refractivity contribution in [2.24, 2.45) is 5.41 Å². The number of thioether (sulfide) groups is 1. The van der Waals surface area contributed by atoms with E-state index < -0.39 is 0 Å². The predicted molar refractivity (Wildman–Crippen MR) is 87.0 cm³/mol. The number of hydrogen-bond donors (Lipinski definition) is 1. The first-order chi connectivity index (χ1) is 8.94. The molecule has 0 aromatic heterocycles. The maximum atomic E-state index is 3.68. The SMILES string of the molecule is CN(C)Cc1ccc(NC2CSCC(C)(C)C2)cc1. The van der Waals surface area contributed by atoms with E-state index in [-0.39, 0.29) is 0 Å². The molecule has 106 valence electrons. The molecule has 0 spiro atoms. The Hall–Kier alpha value is -0.670. The maximum Gasteiger partial charge on any atom is 0.0357 e. The van der Waals surface area contributed by atoms with Gasteiger partial charge in [0.05, 0.1) is 0 Å². The summed E-state index contributed by atoms with van der Waals surface area (Å²) in [5, 5.41) is 3.68. The number of benzene rings is 1. The van der Waals surface area contributed by atoms with Crippen molar-refractivity contribution in [3.8, 4) is 0 Å². The predicted octanol–water partition coefficient (Wildman–Crippen LogP) is 3.69. The number of hydrogen-bond acceptors (Lipinski definition) is 3. The molecule has 1 atom stereocenters. The van der Waals surface area contributed by atoms with Crippen molar-refractivity contribution in [1.82, 2.24) is 4.90 Å². The van der Waals surface area contributed by atoms with Crippen molar-refractivity contribution in [1.29, 1.82) is 0 Å². The van der Waals surface area contributed by atoms with Gasteiger partial charge < -0.3 is 10.2 Å². The number of anilines is 1. The van der Waals surface area contributed by atoms with Gasteiger partial charge in [-0.05, 0) is 49.4 Å². The smallest absolute Gasteiger partial charge is 0.0357 e. The zero-order chi connectivity index (χ0) is 13.9. The van der Waals surface area contributed by atoms with Crippen LogP contribution in [0.3, 0.4) is 0 Å². The van der Waals surface area contributed by atoms with Gasteiger partial charge in [-0.3, -0.25) is 0 Å². The molecule has 2 nitrogen and oxygen atoms in total. The van der Waals surface area contributed by atoms with Crippen LogP contribution in [0.4, 0.5) is 5.69 Å². The molecule has 1 fully saturated rings. The lowest BCUT2D eigenvalue weighted by molar-refractivity contribution is 0.358. The van der Waals surface area contributed by atoms with E-state index in [0.29, 0.717) is 11.5 Å². The van der Waals surface area contributed by atoms with Crippen LogP contribution in [0.1, 0.15) is 25.8 Å². The quantitative estimate of drug-likeness (QED) is 0.904. The lowest BCUT2D eigenvalue weighted by Gasteiger charge is -2.35. The molecule has 1 N–H and O–H groups in total. The standard InChI is InChI=1S/C16H26N2S/c1-16(2)9-15(11-19-12-16)17-14-7-5-13(6-8-14)10-18(3)4/h5-8,15,17H,9-12H2,1-4H3. The zero-order valence-electron chi connectivity index (χ0n) is 12.6. The van der Waals surface area contributed by atoms with E-state index in [9.17, 15) is 0 Å². The molecular weight excluding hydrogens is 252 g/mol. The highest BCUT2D eigenvalue weighted by Crippen LogP contribution is 2.34. The normalized spacial score (nSPS) is 22.5. The van der Waals surface area contributed by atoms with Crippen LogP contribution in [0.25, 0.3) is 0 Å². The molecule has 1 unspecified atom stereocenters. The third kappa shape index (κ3) is 4.73. The maximum absolute atomic E-state index is 3.68. The first kappa shape index (κ1) is 14.7. The number of nitrogens with zero attached hydrogens (tertiary/aromatic N) is 1. The van der Waals surface area contributed by atoms with Crippen LogP contribution >= 0.6 is 11.8 Å². The zero-order valence-corrected chi connectivity index (χ0v) is 13.4. The second-order valence-corrected chi connectivity index (χ2v) is 7.69. The van der Waals surface area contributed by atoms with Gasteiger partial charge in [-0.15, -0.1) is 0 Å². The third-order valence-electron chi connectivity index (χ3n) is 3.43. The van der Waals surface area contributed by atoms with Gasteiger partial charge in [-0.2, -0.15) is 11.8 Å². The molecule has 1 saturated heterocycles. The van der Waals surface area contributed by atoms with Gasteiger partial charge in [0.1, 0.15) is 0 Å². The molecule has 0 aliphatic carbocycles. The van der Waals surface area contributed by atoms with E-state index >= 15 is 0 Å². The van der Waals surface area contributed by atoms with Crippen molar-refractivity contribution >= 4 is 17.4 Å². The molecule has 1 aromatic carbocycles. The van der Waals surface area contributed by atoms with Crippen molar-refractivity contribution in [2.45, 2.75) is 32.9 Å². The highest BCUT2D eigenvalue weighted by Gasteiger charge is 2.28. The first-order valence-electron chi connectivity index (χ1n) is 7.03. The summed E-state index contributed by atoms with van der Waals surface area (Å²) < 4.78 is 0. The summed E-state index contributed by atoms with van der Waals surface area (Å²) in [6.07, 6.45) is 1.26. The topological polar surface area (TPSA) is 15.3 Å². The Kier molecular flexibility index (Phi) is 4.80. The second-order valence-electron chi connectivity index (χ2n) is 6.66. The van der Waals surface area contributed by atoms with Gasteiger partial charge in [0.25, 0.3) is 0 Å². The molecule has 3 heteroatoms. The molecule has 1 aromatic rings. The molecule has 0 saturated carbocycles. The summed E-state index contributed by atoms with van der Waals surface area (Å²) in [5.41, 5.74) is 3.09. The van der Waals surface area contributed by atoms with E-state index in [1.807, 2.05) is 0 Å². The summed E-state index contributed by atoms with van der Waals surface area (Å²) in [6, 6.07) is 9.48. The van der Waals surface area contributed by atoms with Crippen molar-refractivity contribution < 1.29 is 0 Å². The van der Waals surface area contributed by atoms with E-state index in [4.69, 9.17) is 0 Å². The van der Waals surface area contributed by atoms with Crippen LogP contribution in [0.5, 0.6) is 0 Å². The molecule has 0 amide bonds.